The molecule has 0 unspecified atom stereocenters. The smallest absolute Gasteiger partial charge is 0.154 e. The van der Waals surface area contributed by atoms with E-state index in [0.29, 0.717) is 0 Å². The summed E-state index contributed by atoms with van der Waals surface area (Å²) in [7, 11) is -1.95. The Balaban J connectivity index is 0.000000104. The van der Waals surface area contributed by atoms with Crippen LogP contribution >= 0.6 is 45.3 Å². The summed E-state index contributed by atoms with van der Waals surface area (Å²) in [5.41, 5.74) is 40.8. The van der Waals surface area contributed by atoms with E-state index in [2.05, 4.69) is 415 Å². The highest BCUT2D eigenvalue weighted by Crippen LogP contribution is 2.53. The zero-order valence-corrected chi connectivity index (χ0v) is 78.2. The molecule has 0 fully saturated rings. The van der Waals surface area contributed by atoms with E-state index in [1.807, 2.05) is 45.3 Å². The van der Waals surface area contributed by atoms with Crippen LogP contribution < -0.4 is 10.4 Å². The van der Waals surface area contributed by atoms with Crippen LogP contribution in [0.5, 0.6) is 0 Å². The van der Waals surface area contributed by atoms with Gasteiger partial charge in [-0.15, -0.1) is 45.3 Å². The van der Waals surface area contributed by atoms with Gasteiger partial charge in [0.1, 0.15) is 13.7 Å². The Morgan fingerprint density at radius 1 is 0.219 bits per heavy atom. The third kappa shape index (κ3) is 11.5. The molecule has 618 valence electrons. The van der Waals surface area contributed by atoms with Crippen LogP contribution in [0.3, 0.4) is 0 Å². The SMILES string of the molecule is Cc1ccc(-n2c3cc(C)ccc3c3c2c2cc4c(cc2n3-c2ccc(C)cc2)-c2sc3cc(C)ccc3c2[Si]4(C)C)cc1.Cc1ccc(-n2c3cc(C)ccc3c3c2c2cc4oc5c6ccc(C)cc6sc5c4cc2n3-c2ccc(C)cc2)cc1.Cc1ccc(-n2c3cc(C)ccc3c3c2c2cc4sc5c6ccc(C)cc6sc5c4cc2n3-c2ccc(C)cc2)cc1. The molecule has 0 bridgehead atoms. The Bertz CT molecular complexity index is 8890. The fraction of sp³-hybridized carbons (Fsp3) is 0.121. The first kappa shape index (κ1) is 76.8. The van der Waals surface area contributed by atoms with Gasteiger partial charge in [-0.2, -0.15) is 0 Å². The Hall–Kier alpha value is -13.6. The van der Waals surface area contributed by atoms with Gasteiger partial charge in [0.2, 0.25) is 0 Å². The predicted octanol–water partition coefficient (Wildman–Crippen LogP) is 32.6. The monoisotopic (exact) mass is 1740 g/mol. The highest BCUT2D eigenvalue weighted by Gasteiger charge is 2.42. The fourth-order valence-corrected chi connectivity index (χ4v) is 30.7. The van der Waals surface area contributed by atoms with E-state index in [9.17, 15) is 0 Å². The second kappa shape index (κ2) is 28.2. The quantitative estimate of drug-likeness (QED) is 0.153. The van der Waals surface area contributed by atoms with Crippen molar-refractivity contribution in [2.24, 2.45) is 0 Å². The molecule has 0 atom stereocenters. The van der Waals surface area contributed by atoms with E-state index < -0.39 is 8.07 Å². The third-order valence-corrected chi connectivity index (χ3v) is 36.0. The van der Waals surface area contributed by atoms with E-state index in [4.69, 9.17) is 4.42 Å². The molecule has 1 aliphatic rings. The van der Waals surface area contributed by atoms with Crippen LogP contribution in [0.4, 0.5) is 0 Å². The highest BCUT2D eigenvalue weighted by atomic mass is 32.1. The molecule has 12 heterocycles. The zero-order chi connectivity index (χ0) is 86.6. The maximum absolute atomic E-state index is 6.68. The molecular weight excluding hydrogens is 1650 g/mol. The lowest BCUT2D eigenvalue weighted by molar-refractivity contribution is 0.674. The Kier molecular flexibility index (Phi) is 16.9. The van der Waals surface area contributed by atoms with E-state index >= 15 is 0 Å². The van der Waals surface area contributed by atoms with Gasteiger partial charge in [0, 0.05) is 112 Å². The minimum absolute atomic E-state index is 0.936. The molecule has 0 amide bonds. The zero-order valence-electron chi connectivity index (χ0n) is 73.9. The van der Waals surface area contributed by atoms with Gasteiger partial charge in [0.05, 0.1) is 80.3 Å². The topological polar surface area (TPSA) is 42.7 Å². The molecular formula is C116H90N6OS4Si. The Morgan fingerprint density at radius 2 is 0.500 bits per heavy atom. The standard InChI is InChI=1S/C40H34N2SSi.C38H28N2OS.C38H28N2S2/c1-23-7-13-27(14-8-23)41-33-19-25(3)11-17-29(33)37-38(41)31-22-36-32(21-34(31)42(37)28-15-9-24(2)10-16-28)39-40(44(36,5)6)30-18-12-26(4)20-35(30)43-39;1-21-5-11-25(12-6-21)39-31-17-23(3)9-15-27(31)35-36(39)29-20-33-30(19-32(29)40(35)26-13-7-22(2)8-14-26)38-37(41-33)28-16-10-24(4)18-34(28)42-38;1-21-5-11-25(12-6-21)39-31-17-23(3)9-15-27(31)35-36(39)29-20-34-30(19-32(29)40(35)26-13-7-22(2)8-14-26)38-37(42-34)28-16-10-24(4)18-33(28)41-38/h7-22H,1-6H3;2*5-20H,1-4H3. The van der Waals surface area contributed by atoms with Gasteiger partial charge >= 0.3 is 0 Å². The third-order valence-electron chi connectivity index (χ3n) is 27.4. The van der Waals surface area contributed by atoms with E-state index in [1.54, 1.807) is 10.4 Å². The van der Waals surface area contributed by atoms with Crippen LogP contribution in [0.15, 0.2) is 296 Å². The van der Waals surface area contributed by atoms with Crippen LogP contribution in [-0.4, -0.2) is 35.5 Å². The predicted molar refractivity (Wildman–Crippen MR) is 558 cm³/mol. The average Bonchev–Trinajstić information content (AvgIpc) is 1.51. The molecule has 12 heteroatoms. The fourth-order valence-electron chi connectivity index (χ4n) is 21.1. The summed E-state index contributed by atoms with van der Waals surface area (Å²) in [5, 5.41) is 17.4. The van der Waals surface area contributed by atoms with Gasteiger partial charge in [-0.3, -0.25) is 0 Å². The molecule has 27 rings (SSSR count). The molecule has 0 spiro atoms. The van der Waals surface area contributed by atoms with Crippen LogP contribution in [0.2, 0.25) is 13.1 Å². The number of thiophene rings is 4. The molecule has 0 saturated carbocycles. The van der Waals surface area contributed by atoms with Crippen molar-refractivity contribution in [3.8, 4) is 44.6 Å². The molecule has 0 radical (unpaired) electrons. The second-order valence-electron chi connectivity index (χ2n) is 37.0. The van der Waals surface area contributed by atoms with Crippen molar-refractivity contribution in [3.63, 3.8) is 0 Å². The summed E-state index contributed by atoms with van der Waals surface area (Å²) >= 11 is 7.70. The van der Waals surface area contributed by atoms with E-state index in [-0.39, 0.29) is 0 Å². The summed E-state index contributed by atoms with van der Waals surface area (Å²) in [6.07, 6.45) is 0. The van der Waals surface area contributed by atoms with Crippen molar-refractivity contribution in [2.45, 2.75) is 96.2 Å². The van der Waals surface area contributed by atoms with Crippen molar-refractivity contribution in [3.05, 3.63) is 358 Å². The number of nitrogens with zero attached hydrogens (tertiary/aromatic N) is 6. The number of fused-ring (bicyclic) bond motifs is 30. The van der Waals surface area contributed by atoms with Crippen LogP contribution in [-0.2, 0) is 0 Å². The summed E-state index contributed by atoms with van der Waals surface area (Å²) in [4.78, 5) is 1.49. The van der Waals surface area contributed by atoms with Gasteiger partial charge in [0.25, 0.3) is 0 Å². The molecule has 0 saturated heterocycles. The molecule has 11 aromatic heterocycles. The lowest BCUT2D eigenvalue weighted by atomic mass is 10.1. The summed E-state index contributed by atoms with van der Waals surface area (Å²) < 4.78 is 31.1. The number of furan rings is 1. The number of hydrogen-bond acceptors (Lipinski definition) is 5. The van der Waals surface area contributed by atoms with E-state index in [0.717, 1.165) is 22.5 Å². The molecule has 1 aliphatic heterocycles. The first-order chi connectivity index (χ1) is 62.1. The van der Waals surface area contributed by atoms with Gasteiger partial charge in [-0.25, -0.2) is 0 Å². The lowest BCUT2D eigenvalue weighted by Crippen LogP contribution is -2.49. The van der Waals surface area contributed by atoms with Crippen molar-refractivity contribution >= 4 is 233 Å². The van der Waals surface area contributed by atoms with Gasteiger partial charge in [0.15, 0.2) is 5.58 Å². The summed E-state index contributed by atoms with van der Waals surface area (Å²) in [6.45, 7) is 31.2. The number of aromatic nitrogens is 6. The lowest BCUT2D eigenvalue weighted by Gasteiger charge is -2.19. The molecule has 0 aliphatic carbocycles. The molecule has 26 aromatic rings. The van der Waals surface area contributed by atoms with Crippen molar-refractivity contribution in [1.29, 1.82) is 0 Å². The normalized spacial score (nSPS) is 12.8. The average molecular weight is 1740 g/mol. The van der Waals surface area contributed by atoms with E-state index in [1.165, 1.54) is 258 Å². The van der Waals surface area contributed by atoms with Gasteiger partial charge < -0.3 is 31.8 Å². The molecule has 0 N–H and O–H groups in total. The van der Waals surface area contributed by atoms with Crippen molar-refractivity contribution < 1.29 is 4.42 Å². The van der Waals surface area contributed by atoms with Crippen molar-refractivity contribution in [1.82, 2.24) is 27.4 Å². The summed E-state index contributed by atoms with van der Waals surface area (Å²) in [5.74, 6) is 0. The van der Waals surface area contributed by atoms with Crippen LogP contribution in [0.1, 0.15) is 66.8 Å². The Labute approximate surface area is 757 Å². The number of benzene rings is 15. The Morgan fingerprint density at radius 3 is 0.906 bits per heavy atom. The number of aryl methyl sites for hydroxylation is 12. The first-order valence-electron chi connectivity index (χ1n) is 44.4. The first-order valence-corrected chi connectivity index (χ1v) is 50.7. The maximum Gasteiger partial charge on any atom is 0.154 e. The number of hydrogen-bond donors (Lipinski definition) is 0. The van der Waals surface area contributed by atoms with Crippen molar-refractivity contribution in [2.75, 3.05) is 0 Å². The van der Waals surface area contributed by atoms with Gasteiger partial charge in [-0.05, 0) is 283 Å². The highest BCUT2D eigenvalue weighted by molar-refractivity contribution is 7.36. The molecule has 128 heavy (non-hydrogen) atoms. The summed E-state index contributed by atoms with van der Waals surface area (Å²) in [6, 6.07) is 110. The second-order valence-corrected chi connectivity index (χ2v) is 45.5. The largest absolute Gasteiger partial charge is 0.454 e. The van der Waals surface area contributed by atoms with Gasteiger partial charge in [-0.1, -0.05) is 192 Å². The van der Waals surface area contributed by atoms with Crippen LogP contribution in [0.25, 0.3) is 214 Å². The molecule has 15 aromatic carbocycles. The van der Waals surface area contributed by atoms with Crippen LogP contribution in [0, 0.1) is 83.1 Å². The minimum Gasteiger partial charge on any atom is -0.454 e. The molecule has 7 nitrogen and oxygen atoms in total. The minimum atomic E-state index is -1.95. The number of rotatable bonds is 6. The maximum atomic E-state index is 6.68.